The fourth-order valence-corrected chi connectivity index (χ4v) is 3.84. The maximum atomic E-state index is 13.3. The summed E-state index contributed by atoms with van der Waals surface area (Å²) in [6.07, 6.45) is 0.933. The summed E-state index contributed by atoms with van der Waals surface area (Å²) in [7, 11) is -3.89. The molecule has 0 aliphatic rings. The second-order valence-electron chi connectivity index (χ2n) is 7.73. The van der Waals surface area contributed by atoms with E-state index in [1.54, 1.807) is 13.8 Å². The molecule has 2 rings (SSSR count). The average Bonchev–Trinajstić information content (AvgIpc) is 2.70. The maximum Gasteiger partial charge on any atom is 0.244 e. The molecule has 0 aromatic heterocycles. The lowest BCUT2D eigenvalue weighted by Gasteiger charge is -2.31. The van der Waals surface area contributed by atoms with Crippen molar-refractivity contribution in [2.75, 3.05) is 17.1 Å². The van der Waals surface area contributed by atoms with Crippen LogP contribution in [0.4, 0.5) is 14.5 Å². The number of amides is 2. The SMILES string of the molecule is CC(C)NC(=O)[C@H](C)N(Cc1ccc(F)cc1)C(=O)CN(c1ccc(F)cc1)S(C)(=O)=O. The number of halogens is 2. The van der Waals surface area contributed by atoms with E-state index in [2.05, 4.69) is 5.32 Å². The van der Waals surface area contributed by atoms with Gasteiger partial charge < -0.3 is 10.2 Å². The van der Waals surface area contributed by atoms with Crippen LogP contribution < -0.4 is 9.62 Å². The normalized spacial score (nSPS) is 12.3. The molecule has 0 aliphatic carbocycles. The molecule has 2 amide bonds. The molecule has 2 aromatic carbocycles. The van der Waals surface area contributed by atoms with Crippen molar-refractivity contribution in [3.63, 3.8) is 0 Å². The minimum absolute atomic E-state index is 0.0349. The van der Waals surface area contributed by atoms with E-state index in [0.717, 1.165) is 22.7 Å². The first-order chi connectivity index (χ1) is 14.9. The molecule has 0 spiro atoms. The van der Waals surface area contributed by atoms with Crippen LogP contribution in [0.3, 0.4) is 0 Å². The predicted molar refractivity (Wildman–Crippen MR) is 118 cm³/mol. The van der Waals surface area contributed by atoms with E-state index < -0.39 is 46.1 Å². The Kier molecular flexibility index (Phi) is 8.31. The van der Waals surface area contributed by atoms with Crippen molar-refractivity contribution in [2.24, 2.45) is 0 Å². The van der Waals surface area contributed by atoms with Gasteiger partial charge in [-0.05, 0) is 62.7 Å². The molecule has 1 N–H and O–H groups in total. The molecule has 0 saturated heterocycles. The van der Waals surface area contributed by atoms with E-state index in [-0.39, 0.29) is 18.3 Å². The van der Waals surface area contributed by atoms with Crippen LogP contribution in [0.15, 0.2) is 48.5 Å². The zero-order valence-corrected chi connectivity index (χ0v) is 19.2. The smallest absolute Gasteiger partial charge is 0.244 e. The number of anilines is 1. The third-order valence-corrected chi connectivity index (χ3v) is 5.80. The Bertz CT molecular complexity index is 1040. The van der Waals surface area contributed by atoms with Gasteiger partial charge in [-0.15, -0.1) is 0 Å². The first kappa shape index (κ1) is 25.3. The monoisotopic (exact) mass is 467 g/mol. The second kappa shape index (κ2) is 10.5. The van der Waals surface area contributed by atoms with Crippen LogP contribution in [-0.4, -0.2) is 50.0 Å². The number of nitrogens with one attached hydrogen (secondary N) is 1. The number of benzene rings is 2. The summed E-state index contributed by atoms with van der Waals surface area (Å²) in [5.74, 6) is -2.05. The number of carbonyl (C=O) groups excluding carboxylic acids is 2. The van der Waals surface area contributed by atoms with Crippen LogP contribution in [0.5, 0.6) is 0 Å². The molecule has 7 nitrogen and oxygen atoms in total. The fraction of sp³-hybridized carbons (Fsp3) is 0.364. The molecule has 0 saturated carbocycles. The summed E-state index contributed by atoms with van der Waals surface area (Å²) < 4.78 is 52.1. The van der Waals surface area contributed by atoms with E-state index in [9.17, 15) is 26.8 Å². The zero-order valence-electron chi connectivity index (χ0n) is 18.4. The van der Waals surface area contributed by atoms with Gasteiger partial charge in [-0.1, -0.05) is 12.1 Å². The van der Waals surface area contributed by atoms with Crippen molar-refractivity contribution in [3.05, 3.63) is 65.7 Å². The van der Waals surface area contributed by atoms with E-state index in [4.69, 9.17) is 0 Å². The lowest BCUT2D eigenvalue weighted by molar-refractivity contribution is -0.139. The molecular formula is C22H27F2N3O4S. The van der Waals surface area contributed by atoms with Gasteiger partial charge in [-0.3, -0.25) is 13.9 Å². The highest BCUT2D eigenvalue weighted by molar-refractivity contribution is 7.92. The Morgan fingerprint density at radius 1 is 0.938 bits per heavy atom. The summed E-state index contributed by atoms with van der Waals surface area (Å²) in [5, 5.41) is 2.73. The van der Waals surface area contributed by atoms with Crippen molar-refractivity contribution in [2.45, 2.75) is 39.4 Å². The minimum atomic E-state index is -3.89. The van der Waals surface area contributed by atoms with Crippen molar-refractivity contribution in [1.29, 1.82) is 0 Å². The number of hydrogen-bond donors (Lipinski definition) is 1. The largest absolute Gasteiger partial charge is 0.352 e. The minimum Gasteiger partial charge on any atom is -0.352 e. The van der Waals surface area contributed by atoms with Crippen LogP contribution in [0, 0.1) is 11.6 Å². The van der Waals surface area contributed by atoms with E-state index in [1.165, 1.54) is 48.2 Å². The van der Waals surface area contributed by atoms with E-state index in [1.807, 2.05) is 0 Å². The van der Waals surface area contributed by atoms with E-state index in [0.29, 0.717) is 5.56 Å². The Labute approximate surface area is 187 Å². The highest BCUT2D eigenvalue weighted by Crippen LogP contribution is 2.19. The van der Waals surface area contributed by atoms with Gasteiger partial charge in [0.2, 0.25) is 21.8 Å². The number of carbonyl (C=O) groups is 2. The van der Waals surface area contributed by atoms with Gasteiger partial charge in [0.05, 0.1) is 11.9 Å². The van der Waals surface area contributed by atoms with Crippen molar-refractivity contribution in [3.8, 4) is 0 Å². The summed E-state index contributed by atoms with van der Waals surface area (Å²) in [4.78, 5) is 27.1. The molecule has 0 radical (unpaired) electrons. The van der Waals surface area contributed by atoms with Crippen molar-refractivity contribution < 1.29 is 26.8 Å². The highest BCUT2D eigenvalue weighted by Gasteiger charge is 2.30. The van der Waals surface area contributed by atoms with Crippen LogP contribution in [-0.2, 0) is 26.2 Å². The Morgan fingerprint density at radius 3 is 1.91 bits per heavy atom. The number of nitrogens with zero attached hydrogens (tertiary/aromatic N) is 2. The summed E-state index contributed by atoms with van der Waals surface area (Å²) in [6.45, 7) is 4.45. The van der Waals surface area contributed by atoms with Crippen LogP contribution in [0.1, 0.15) is 26.3 Å². The third kappa shape index (κ3) is 7.01. The molecule has 0 fully saturated rings. The summed E-state index contributed by atoms with van der Waals surface area (Å²) in [5.41, 5.74) is 0.680. The van der Waals surface area contributed by atoms with Gasteiger partial charge >= 0.3 is 0 Å². The molecule has 0 heterocycles. The average molecular weight is 468 g/mol. The maximum absolute atomic E-state index is 13.3. The number of sulfonamides is 1. The third-order valence-electron chi connectivity index (χ3n) is 4.66. The van der Waals surface area contributed by atoms with Crippen LogP contribution >= 0.6 is 0 Å². The van der Waals surface area contributed by atoms with Crippen molar-refractivity contribution >= 4 is 27.5 Å². The fourth-order valence-electron chi connectivity index (χ4n) is 3.00. The topological polar surface area (TPSA) is 86.8 Å². The van der Waals surface area contributed by atoms with Crippen LogP contribution in [0.2, 0.25) is 0 Å². The van der Waals surface area contributed by atoms with Gasteiger partial charge in [0.1, 0.15) is 24.2 Å². The molecule has 1 atom stereocenters. The first-order valence-electron chi connectivity index (χ1n) is 9.96. The summed E-state index contributed by atoms with van der Waals surface area (Å²) >= 11 is 0. The molecular weight excluding hydrogens is 440 g/mol. The molecule has 10 heteroatoms. The summed E-state index contributed by atoms with van der Waals surface area (Å²) in [6, 6.07) is 9.03. The first-order valence-corrected chi connectivity index (χ1v) is 11.8. The van der Waals surface area contributed by atoms with Gasteiger partial charge in [-0.25, -0.2) is 17.2 Å². The standard InChI is InChI=1S/C22H27F2N3O4S/c1-15(2)25-22(29)16(3)26(13-17-5-7-18(23)8-6-17)21(28)14-27(32(4,30)31)20-11-9-19(24)10-12-20/h5-12,15-16H,13-14H2,1-4H3,(H,25,29)/t16-/m0/s1. The molecule has 174 valence electrons. The number of rotatable bonds is 9. The van der Waals surface area contributed by atoms with Gasteiger partial charge in [0.25, 0.3) is 0 Å². The van der Waals surface area contributed by atoms with Crippen LogP contribution in [0.25, 0.3) is 0 Å². The Hall–Kier alpha value is -3.01. The lowest BCUT2D eigenvalue weighted by atomic mass is 10.1. The Balaban J connectivity index is 2.36. The molecule has 0 unspecified atom stereocenters. The lowest BCUT2D eigenvalue weighted by Crippen LogP contribution is -2.52. The quantitative estimate of drug-likeness (QED) is 0.614. The molecule has 2 aromatic rings. The van der Waals surface area contributed by atoms with Gasteiger partial charge in [-0.2, -0.15) is 0 Å². The highest BCUT2D eigenvalue weighted by atomic mass is 32.2. The van der Waals surface area contributed by atoms with E-state index >= 15 is 0 Å². The molecule has 0 aliphatic heterocycles. The number of hydrogen-bond acceptors (Lipinski definition) is 4. The Morgan fingerprint density at radius 2 is 1.44 bits per heavy atom. The second-order valence-corrected chi connectivity index (χ2v) is 9.64. The van der Waals surface area contributed by atoms with Crippen molar-refractivity contribution in [1.82, 2.24) is 10.2 Å². The zero-order chi connectivity index (χ0) is 24.1. The molecule has 32 heavy (non-hydrogen) atoms. The predicted octanol–water partition coefficient (Wildman–Crippen LogP) is 2.67. The van der Waals surface area contributed by atoms with Gasteiger partial charge in [0, 0.05) is 12.6 Å². The molecule has 0 bridgehead atoms. The van der Waals surface area contributed by atoms with Gasteiger partial charge in [0.15, 0.2) is 0 Å².